The molecule has 2 aromatic carbocycles. The molecule has 0 aromatic heterocycles. The van der Waals surface area contributed by atoms with Crippen molar-refractivity contribution in [2.24, 2.45) is 0 Å². The van der Waals surface area contributed by atoms with E-state index in [4.69, 9.17) is 23.2 Å². The summed E-state index contributed by atoms with van der Waals surface area (Å²) in [4.78, 5) is 0. The zero-order chi connectivity index (χ0) is 13.1. The van der Waals surface area contributed by atoms with Crippen molar-refractivity contribution in [2.75, 3.05) is 0 Å². The zero-order valence-corrected chi connectivity index (χ0v) is 11.6. The lowest BCUT2D eigenvalue weighted by Crippen LogP contribution is -1.92. The maximum absolute atomic E-state index is 10.1. The van der Waals surface area contributed by atoms with E-state index in [1.54, 1.807) is 0 Å². The molecule has 3 heteroatoms. The molecule has 2 aromatic rings. The minimum absolute atomic E-state index is 0.344. The summed E-state index contributed by atoms with van der Waals surface area (Å²) < 4.78 is 0. The molecule has 0 saturated carbocycles. The van der Waals surface area contributed by atoms with E-state index in [1.807, 2.05) is 43.3 Å². The standard InChI is InChI=1S/C15H14Cl2O/c1-2-11-8-14(17)9-12(15(11)18)7-10-3-5-13(16)6-4-10/h3-6,8-9,18H,2,7H2,1H3. The first-order valence-electron chi connectivity index (χ1n) is 5.85. The molecule has 0 heterocycles. The van der Waals surface area contributed by atoms with Crippen LogP contribution in [-0.2, 0) is 12.8 Å². The van der Waals surface area contributed by atoms with Crippen molar-refractivity contribution in [1.82, 2.24) is 0 Å². The van der Waals surface area contributed by atoms with Gasteiger partial charge in [-0.2, -0.15) is 0 Å². The topological polar surface area (TPSA) is 20.2 Å². The van der Waals surface area contributed by atoms with Gasteiger partial charge in [0.15, 0.2) is 0 Å². The van der Waals surface area contributed by atoms with Crippen molar-refractivity contribution in [1.29, 1.82) is 0 Å². The Morgan fingerprint density at radius 3 is 2.17 bits per heavy atom. The summed E-state index contributed by atoms with van der Waals surface area (Å²) in [5.74, 6) is 0.344. The molecule has 0 unspecified atom stereocenters. The lowest BCUT2D eigenvalue weighted by Gasteiger charge is -2.10. The molecule has 0 atom stereocenters. The number of phenolic OH excluding ortho intramolecular Hbond substituents is 1. The van der Waals surface area contributed by atoms with Gasteiger partial charge < -0.3 is 5.11 Å². The highest BCUT2D eigenvalue weighted by Gasteiger charge is 2.09. The monoisotopic (exact) mass is 280 g/mol. The van der Waals surface area contributed by atoms with Crippen LogP contribution in [0, 0.1) is 0 Å². The molecule has 94 valence electrons. The van der Waals surface area contributed by atoms with Gasteiger partial charge in [-0.3, -0.25) is 0 Å². The third-order valence-corrected chi connectivity index (χ3v) is 3.39. The van der Waals surface area contributed by atoms with Crippen molar-refractivity contribution in [3.63, 3.8) is 0 Å². The summed E-state index contributed by atoms with van der Waals surface area (Å²) in [6.07, 6.45) is 1.41. The van der Waals surface area contributed by atoms with E-state index in [-0.39, 0.29) is 0 Å². The summed E-state index contributed by atoms with van der Waals surface area (Å²) in [6, 6.07) is 11.2. The van der Waals surface area contributed by atoms with Crippen molar-refractivity contribution >= 4 is 23.2 Å². The molecule has 0 bridgehead atoms. The van der Waals surface area contributed by atoms with E-state index in [0.29, 0.717) is 22.2 Å². The van der Waals surface area contributed by atoms with Crippen LogP contribution in [0.5, 0.6) is 5.75 Å². The fourth-order valence-corrected chi connectivity index (χ4v) is 2.33. The number of benzene rings is 2. The third-order valence-electron chi connectivity index (χ3n) is 2.92. The number of rotatable bonds is 3. The third kappa shape index (κ3) is 2.98. The first kappa shape index (κ1) is 13.3. The van der Waals surface area contributed by atoms with Crippen molar-refractivity contribution in [3.8, 4) is 5.75 Å². The molecule has 0 aliphatic rings. The number of phenols is 1. The maximum atomic E-state index is 10.1. The van der Waals surface area contributed by atoms with E-state index in [9.17, 15) is 5.11 Å². The van der Waals surface area contributed by atoms with E-state index in [1.165, 1.54) is 0 Å². The van der Waals surface area contributed by atoms with Crippen LogP contribution < -0.4 is 0 Å². The Labute approximate surface area is 117 Å². The van der Waals surface area contributed by atoms with Crippen LogP contribution in [0.3, 0.4) is 0 Å². The van der Waals surface area contributed by atoms with E-state index >= 15 is 0 Å². The largest absolute Gasteiger partial charge is 0.507 e. The number of aromatic hydroxyl groups is 1. The molecule has 0 amide bonds. The fourth-order valence-electron chi connectivity index (χ4n) is 1.94. The van der Waals surface area contributed by atoms with Gasteiger partial charge in [0, 0.05) is 16.5 Å². The van der Waals surface area contributed by atoms with Crippen molar-refractivity contribution in [2.45, 2.75) is 19.8 Å². The number of halogens is 2. The van der Waals surface area contributed by atoms with Crippen LogP contribution in [-0.4, -0.2) is 5.11 Å². The molecule has 1 N–H and O–H groups in total. The van der Waals surface area contributed by atoms with Gasteiger partial charge in [-0.1, -0.05) is 42.3 Å². The van der Waals surface area contributed by atoms with Gasteiger partial charge in [0.05, 0.1) is 0 Å². The molecule has 0 aliphatic carbocycles. The molecule has 0 spiro atoms. The van der Waals surface area contributed by atoms with E-state index in [0.717, 1.165) is 23.1 Å². The Bertz CT molecular complexity index is 547. The highest BCUT2D eigenvalue weighted by Crippen LogP contribution is 2.29. The molecule has 0 aliphatic heterocycles. The molecule has 0 saturated heterocycles. The average molecular weight is 281 g/mol. The van der Waals surface area contributed by atoms with Gasteiger partial charge >= 0.3 is 0 Å². The second-order valence-electron chi connectivity index (χ2n) is 4.23. The van der Waals surface area contributed by atoms with Crippen LogP contribution in [0.4, 0.5) is 0 Å². The Hall–Kier alpha value is -1.18. The maximum Gasteiger partial charge on any atom is 0.122 e. The van der Waals surface area contributed by atoms with Gasteiger partial charge in [0.25, 0.3) is 0 Å². The Morgan fingerprint density at radius 1 is 0.944 bits per heavy atom. The summed E-state index contributed by atoms with van der Waals surface area (Å²) in [6.45, 7) is 2.00. The van der Waals surface area contributed by atoms with E-state index in [2.05, 4.69) is 0 Å². The minimum Gasteiger partial charge on any atom is -0.507 e. The van der Waals surface area contributed by atoms with Gasteiger partial charge in [-0.25, -0.2) is 0 Å². The lowest BCUT2D eigenvalue weighted by atomic mass is 10.0. The summed E-state index contributed by atoms with van der Waals surface area (Å²) in [7, 11) is 0. The highest BCUT2D eigenvalue weighted by atomic mass is 35.5. The fraction of sp³-hybridized carbons (Fsp3) is 0.200. The smallest absolute Gasteiger partial charge is 0.122 e. The molecule has 18 heavy (non-hydrogen) atoms. The van der Waals surface area contributed by atoms with Gasteiger partial charge in [0.1, 0.15) is 5.75 Å². The molecule has 1 nitrogen and oxygen atoms in total. The quantitative estimate of drug-likeness (QED) is 0.852. The SMILES string of the molecule is CCc1cc(Cl)cc(Cc2ccc(Cl)cc2)c1O. The number of aryl methyl sites for hydroxylation is 1. The van der Waals surface area contributed by atoms with Crippen molar-refractivity contribution < 1.29 is 5.11 Å². The first-order valence-corrected chi connectivity index (χ1v) is 6.60. The van der Waals surface area contributed by atoms with Gasteiger partial charge in [0.2, 0.25) is 0 Å². The van der Waals surface area contributed by atoms with Crippen LogP contribution in [0.1, 0.15) is 23.6 Å². The molecule has 0 fully saturated rings. The molecule has 0 radical (unpaired) electrons. The Kier molecular flexibility index (Phi) is 4.15. The first-order chi connectivity index (χ1) is 8.60. The summed E-state index contributed by atoms with van der Waals surface area (Å²) >= 11 is 11.9. The average Bonchev–Trinajstić information content (AvgIpc) is 2.36. The summed E-state index contributed by atoms with van der Waals surface area (Å²) in [5.41, 5.74) is 2.83. The lowest BCUT2D eigenvalue weighted by molar-refractivity contribution is 0.463. The van der Waals surface area contributed by atoms with Gasteiger partial charge in [-0.15, -0.1) is 0 Å². The van der Waals surface area contributed by atoms with Crippen LogP contribution in [0.25, 0.3) is 0 Å². The second-order valence-corrected chi connectivity index (χ2v) is 5.10. The van der Waals surface area contributed by atoms with Crippen LogP contribution in [0.15, 0.2) is 36.4 Å². The van der Waals surface area contributed by atoms with Crippen LogP contribution in [0.2, 0.25) is 10.0 Å². The number of hydrogen-bond acceptors (Lipinski definition) is 1. The predicted molar refractivity (Wildman–Crippen MR) is 76.8 cm³/mol. The van der Waals surface area contributed by atoms with Crippen molar-refractivity contribution in [3.05, 3.63) is 63.1 Å². The highest BCUT2D eigenvalue weighted by molar-refractivity contribution is 6.31. The Balaban J connectivity index is 2.34. The molecular weight excluding hydrogens is 267 g/mol. The van der Waals surface area contributed by atoms with Gasteiger partial charge in [-0.05, 0) is 47.4 Å². The predicted octanol–water partition coefficient (Wildman–Crippen LogP) is 4.85. The molecular formula is C15H14Cl2O. The normalized spacial score (nSPS) is 10.6. The van der Waals surface area contributed by atoms with Crippen LogP contribution >= 0.6 is 23.2 Å². The second kappa shape index (κ2) is 5.64. The summed E-state index contributed by atoms with van der Waals surface area (Å²) in [5, 5.41) is 11.5. The zero-order valence-electron chi connectivity index (χ0n) is 10.1. The Morgan fingerprint density at radius 2 is 1.56 bits per heavy atom. The van der Waals surface area contributed by atoms with E-state index < -0.39 is 0 Å². The minimum atomic E-state index is 0.344. The number of hydrogen-bond donors (Lipinski definition) is 1. The molecule has 2 rings (SSSR count).